The summed E-state index contributed by atoms with van der Waals surface area (Å²) in [6, 6.07) is 20.9. The number of halogens is 3. The Morgan fingerprint density at radius 3 is 1.92 bits per heavy atom. The molecule has 0 saturated carbocycles. The molecule has 184 valence electrons. The largest absolute Gasteiger partial charge is 0.489 e. The van der Waals surface area contributed by atoms with Crippen LogP contribution < -0.4 is 9.47 Å². The molecule has 0 amide bonds. The van der Waals surface area contributed by atoms with E-state index in [4.69, 9.17) is 9.47 Å². The average Bonchev–Trinajstić information content (AvgIpc) is 2.89. The van der Waals surface area contributed by atoms with Crippen molar-refractivity contribution in [3.05, 3.63) is 120 Å². The lowest BCUT2D eigenvalue weighted by atomic mass is 9.97. The first-order chi connectivity index (χ1) is 17.4. The zero-order valence-corrected chi connectivity index (χ0v) is 19.7. The molecule has 0 aliphatic rings. The molecular weight excluding hydrogens is 465 g/mol. The van der Waals surface area contributed by atoms with Gasteiger partial charge in [-0.3, -0.25) is 0 Å². The lowest BCUT2D eigenvalue weighted by molar-refractivity contribution is 0.199. The SMILES string of the molecule is C=CCOc1ccc(COc2ccc(-c3ccc(-c4ccc(C(C)O)cc4)c(F)c3F)cc2)cc1F. The van der Waals surface area contributed by atoms with Gasteiger partial charge in [-0.25, -0.2) is 13.2 Å². The Kier molecular flexibility index (Phi) is 7.76. The van der Waals surface area contributed by atoms with Crippen molar-refractivity contribution in [3.8, 4) is 33.8 Å². The van der Waals surface area contributed by atoms with Crippen LogP contribution in [-0.2, 0) is 6.61 Å². The molecule has 0 aromatic heterocycles. The van der Waals surface area contributed by atoms with Gasteiger partial charge in [0.15, 0.2) is 23.2 Å². The van der Waals surface area contributed by atoms with Gasteiger partial charge in [0, 0.05) is 11.1 Å². The Hall–Kier alpha value is -4.03. The summed E-state index contributed by atoms with van der Waals surface area (Å²) in [5.41, 5.74) is 2.58. The minimum atomic E-state index is -0.949. The van der Waals surface area contributed by atoms with E-state index in [1.54, 1.807) is 61.5 Å². The van der Waals surface area contributed by atoms with E-state index in [-0.39, 0.29) is 30.1 Å². The summed E-state index contributed by atoms with van der Waals surface area (Å²) in [6.45, 7) is 5.51. The minimum absolute atomic E-state index is 0.126. The summed E-state index contributed by atoms with van der Waals surface area (Å²) in [6.07, 6.45) is 0.894. The van der Waals surface area contributed by atoms with Crippen molar-refractivity contribution in [2.45, 2.75) is 19.6 Å². The maximum Gasteiger partial charge on any atom is 0.167 e. The first kappa shape index (κ1) is 25.1. The summed E-state index contributed by atoms with van der Waals surface area (Å²) >= 11 is 0. The second kappa shape index (κ2) is 11.1. The van der Waals surface area contributed by atoms with E-state index in [1.165, 1.54) is 30.3 Å². The molecule has 1 atom stereocenters. The second-order valence-corrected chi connectivity index (χ2v) is 8.26. The monoisotopic (exact) mass is 490 g/mol. The average molecular weight is 491 g/mol. The molecule has 4 aromatic carbocycles. The van der Waals surface area contributed by atoms with Gasteiger partial charge >= 0.3 is 0 Å². The van der Waals surface area contributed by atoms with Gasteiger partial charge in [-0.05, 0) is 53.4 Å². The molecular formula is C30H25F3O3. The van der Waals surface area contributed by atoms with Gasteiger partial charge in [0.2, 0.25) is 0 Å². The number of aliphatic hydroxyl groups excluding tert-OH is 1. The van der Waals surface area contributed by atoms with Crippen molar-refractivity contribution in [2.24, 2.45) is 0 Å². The summed E-state index contributed by atoms with van der Waals surface area (Å²) in [5, 5.41) is 9.64. The van der Waals surface area contributed by atoms with E-state index in [2.05, 4.69) is 6.58 Å². The van der Waals surface area contributed by atoms with Gasteiger partial charge in [-0.15, -0.1) is 0 Å². The Labute approximate surface area is 208 Å². The van der Waals surface area contributed by atoms with Crippen LogP contribution in [-0.4, -0.2) is 11.7 Å². The summed E-state index contributed by atoms with van der Waals surface area (Å²) in [7, 11) is 0. The van der Waals surface area contributed by atoms with Crippen LogP contribution in [0, 0.1) is 17.5 Å². The predicted molar refractivity (Wildman–Crippen MR) is 134 cm³/mol. The molecule has 0 fully saturated rings. The van der Waals surface area contributed by atoms with Crippen molar-refractivity contribution in [1.82, 2.24) is 0 Å². The number of ether oxygens (including phenoxy) is 2. The van der Waals surface area contributed by atoms with Crippen LogP contribution in [0.5, 0.6) is 11.5 Å². The Bertz CT molecular complexity index is 1350. The molecule has 4 aromatic rings. The van der Waals surface area contributed by atoms with Gasteiger partial charge in [0.1, 0.15) is 19.0 Å². The molecule has 0 aliphatic heterocycles. The highest BCUT2D eigenvalue weighted by atomic mass is 19.2. The van der Waals surface area contributed by atoms with Gasteiger partial charge in [0.25, 0.3) is 0 Å². The number of hydrogen-bond donors (Lipinski definition) is 1. The van der Waals surface area contributed by atoms with E-state index in [0.29, 0.717) is 28.0 Å². The standard InChI is InChI=1S/C30H25F3O3/c1-3-16-35-28-15-4-20(17-27(28)31)18-36-24-11-9-23(10-12-24)26-14-13-25(29(32)30(26)33)22-7-5-21(6-8-22)19(2)34/h3-15,17,19,34H,1,16,18H2,2H3. The van der Waals surface area contributed by atoms with Crippen LogP contribution >= 0.6 is 0 Å². The fourth-order valence-corrected chi connectivity index (χ4v) is 3.73. The molecule has 0 radical (unpaired) electrons. The van der Waals surface area contributed by atoms with E-state index >= 15 is 0 Å². The van der Waals surface area contributed by atoms with Crippen molar-refractivity contribution < 1.29 is 27.8 Å². The highest BCUT2D eigenvalue weighted by Crippen LogP contribution is 2.33. The maximum absolute atomic E-state index is 15.0. The van der Waals surface area contributed by atoms with E-state index in [1.807, 2.05) is 0 Å². The molecule has 0 spiro atoms. The molecule has 0 heterocycles. The van der Waals surface area contributed by atoms with Gasteiger partial charge < -0.3 is 14.6 Å². The van der Waals surface area contributed by atoms with Crippen LogP contribution in [0.1, 0.15) is 24.2 Å². The zero-order valence-electron chi connectivity index (χ0n) is 19.7. The third kappa shape index (κ3) is 5.61. The van der Waals surface area contributed by atoms with Crippen LogP contribution in [0.3, 0.4) is 0 Å². The van der Waals surface area contributed by atoms with Gasteiger partial charge in [-0.1, -0.05) is 67.3 Å². The molecule has 36 heavy (non-hydrogen) atoms. The molecule has 1 unspecified atom stereocenters. The first-order valence-corrected chi connectivity index (χ1v) is 11.4. The number of rotatable bonds is 9. The molecule has 0 aliphatic carbocycles. The van der Waals surface area contributed by atoms with Crippen molar-refractivity contribution >= 4 is 0 Å². The van der Waals surface area contributed by atoms with Crippen molar-refractivity contribution in [1.29, 1.82) is 0 Å². The Balaban J connectivity index is 1.46. The fraction of sp³-hybridized carbons (Fsp3) is 0.133. The predicted octanol–water partition coefficient (Wildman–Crippen LogP) is 7.64. The summed E-state index contributed by atoms with van der Waals surface area (Å²) < 4.78 is 54.9. The van der Waals surface area contributed by atoms with Crippen LogP contribution in [0.25, 0.3) is 22.3 Å². The normalized spacial score (nSPS) is 11.7. The maximum atomic E-state index is 15.0. The summed E-state index contributed by atoms with van der Waals surface area (Å²) in [4.78, 5) is 0. The molecule has 0 bridgehead atoms. The Morgan fingerprint density at radius 1 is 0.806 bits per heavy atom. The quantitative estimate of drug-likeness (QED) is 0.245. The van der Waals surface area contributed by atoms with Crippen LogP contribution in [0.15, 0.2) is 91.5 Å². The highest BCUT2D eigenvalue weighted by molar-refractivity contribution is 5.72. The smallest absolute Gasteiger partial charge is 0.167 e. The van der Waals surface area contributed by atoms with Gasteiger partial charge in [-0.2, -0.15) is 0 Å². The molecule has 3 nitrogen and oxygen atoms in total. The minimum Gasteiger partial charge on any atom is -0.489 e. The van der Waals surface area contributed by atoms with Crippen LogP contribution in [0.4, 0.5) is 13.2 Å². The van der Waals surface area contributed by atoms with E-state index < -0.39 is 23.6 Å². The summed E-state index contributed by atoms with van der Waals surface area (Å²) in [5.74, 6) is -1.75. The zero-order chi connectivity index (χ0) is 25.7. The van der Waals surface area contributed by atoms with Gasteiger partial charge in [0.05, 0.1) is 6.10 Å². The lowest BCUT2D eigenvalue weighted by Gasteiger charge is -2.12. The first-order valence-electron chi connectivity index (χ1n) is 11.4. The van der Waals surface area contributed by atoms with E-state index in [9.17, 15) is 18.3 Å². The molecule has 4 rings (SSSR count). The molecule has 0 saturated heterocycles. The van der Waals surface area contributed by atoms with Crippen molar-refractivity contribution in [3.63, 3.8) is 0 Å². The number of hydrogen-bond acceptors (Lipinski definition) is 3. The fourth-order valence-electron chi connectivity index (χ4n) is 3.73. The number of benzene rings is 4. The lowest BCUT2D eigenvalue weighted by Crippen LogP contribution is -1.99. The number of aliphatic hydroxyl groups is 1. The molecule has 1 N–H and O–H groups in total. The Morgan fingerprint density at radius 2 is 1.39 bits per heavy atom. The highest BCUT2D eigenvalue weighted by Gasteiger charge is 2.16. The topological polar surface area (TPSA) is 38.7 Å². The van der Waals surface area contributed by atoms with E-state index in [0.717, 1.165) is 0 Å². The second-order valence-electron chi connectivity index (χ2n) is 8.26. The molecule has 6 heteroatoms. The third-order valence-electron chi connectivity index (χ3n) is 5.71. The van der Waals surface area contributed by atoms with Crippen molar-refractivity contribution in [2.75, 3.05) is 6.61 Å². The third-order valence-corrected chi connectivity index (χ3v) is 5.71. The van der Waals surface area contributed by atoms with Crippen LogP contribution in [0.2, 0.25) is 0 Å².